The maximum Gasteiger partial charge on any atom is 0.475 e. The second-order valence-corrected chi connectivity index (χ2v) is 8.17. The van der Waals surface area contributed by atoms with Crippen LogP contribution in [0.1, 0.15) is 13.8 Å². The van der Waals surface area contributed by atoms with Crippen molar-refractivity contribution in [3.63, 3.8) is 0 Å². The van der Waals surface area contributed by atoms with Gasteiger partial charge in [-0.15, -0.1) is 58.0 Å². The molecule has 0 aliphatic rings. The van der Waals surface area contributed by atoms with Crippen LogP contribution < -0.4 is 0 Å². The number of halogens is 5. The van der Waals surface area contributed by atoms with E-state index >= 15 is 0 Å². The van der Waals surface area contributed by atoms with E-state index in [0.29, 0.717) is 5.88 Å². The number of phosphoric acid groups is 1. The van der Waals surface area contributed by atoms with Crippen LogP contribution in [0, 0.1) is 5.41 Å². The summed E-state index contributed by atoms with van der Waals surface area (Å²) in [6, 6.07) is 0. The van der Waals surface area contributed by atoms with E-state index in [1.807, 2.05) is 13.8 Å². The van der Waals surface area contributed by atoms with Crippen LogP contribution in [0.3, 0.4) is 0 Å². The lowest BCUT2D eigenvalue weighted by Crippen LogP contribution is -2.25. The van der Waals surface area contributed by atoms with Gasteiger partial charge in [-0.3, -0.25) is 13.6 Å². The summed E-state index contributed by atoms with van der Waals surface area (Å²) in [7, 11) is -3.90. The summed E-state index contributed by atoms with van der Waals surface area (Å²) >= 11 is 28.5. The third kappa shape index (κ3) is 9.44. The lowest BCUT2D eigenvalue weighted by atomic mass is 9.99. The van der Waals surface area contributed by atoms with Gasteiger partial charge in [-0.05, 0) is 0 Å². The number of hydrogen-bond acceptors (Lipinski definition) is 4. The molecule has 0 aliphatic carbocycles. The molecule has 21 heavy (non-hydrogen) atoms. The quantitative estimate of drug-likeness (QED) is 0.323. The Morgan fingerprint density at radius 1 is 0.905 bits per heavy atom. The number of alkyl halides is 5. The second kappa shape index (κ2) is 11.2. The topological polar surface area (TPSA) is 44.8 Å². The minimum absolute atomic E-state index is 0.0471. The highest BCUT2D eigenvalue weighted by molar-refractivity contribution is 7.48. The molecule has 0 amide bonds. The van der Waals surface area contributed by atoms with Crippen molar-refractivity contribution in [2.45, 2.75) is 26.1 Å². The van der Waals surface area contributed by atoms with Gasteiger partial charge in [0.25, 0.3) is 0 Å². The van der Waals surface area contributed by atoms with Crippen LogP contribution in [0.4, 0.5) is 0 Å². The highest BCUT2D eigenvalue weighted by Gasteiger charge is 2.35. The fourth-order valence-corrected chi connectivity index (χ4v) is 3.99. The normalized spacial score (nSPS) is 13.4. The van der Waals surface area contributed by atoms with E-state index in [9.17, 15) is 4.57 Å². The van der Waals surface area contributed by atoms with E-state index in [0.717, 1.165) is 0 Å². The summed E-state index contributed by atoms with van der Waals surface area (Å²) < 4.78 is 28.6. The zero-order chi connectivity index (χ0) is 16.5. The Labute approximate surface area is 151 Å². The van der Waals surface area contributed by atoms with Gasteiger partial charge < -0.3 is 0 Å². The van der Waals surface area contributed by atoms with Crippen molar-refractivity contribution in [3.8, 4) is 0 Å². The molecule has 0 aliphatic heterocycles. The molecule has 0 N–H and O–H groups in total. The fraction of sp³-hybridized carbons (Fsp3) is 1.00. The minimum Gasteiger partial charge on any atom is -0.286 e. The van der Waals surface area contributed by atoms with Gasteiger partial charge in [-0.2, -0.15) is 0 Å². The molecule has 128 valence electrons. The molecule has 4 nitrogen and oxygen atoms in total. The van der Waals surface area contributed by atoms with Crippen molar-refractivity contribution in [1.29, 1.82) is 0 Å². The first-order valence-corrected chi connectivity index (χ1v) is 10.3. The van der Waals surface area contributed by atoms with Crippen LogP contribution in [0.15, 0.2) is 0 Å². The van der Waals surface area contributed by atoms with Crippen molar-refractivity contribution in [3.05, 3.63) is 0 Å². The average Bonchev–Trinajstić information content (AvgIpc) is 2.48. The molecule has 0 bridgehead atoms. The number of phosphoric ester groups is 1. The molecule has 0 fully saturated rings. The fourth-order valence-electron chi connectivity index (χ4n) is 0.938. The Kier molecular flexibility index (Phi) is 12.0. The van der Waals surface area contributed by atoms with Gasteiger partial charge in [0.2, 0.25) is 0 Å². The molecule has 0 aromatic heterocycles. The molecule has 0 spiro atoms. The van der Waals surface area contributed by atoms with Crippen molar-refractivity contribution >= 4 is 65.8 Å². The van der Waals surface area contributed by atoms with E-state index in [2.05, 4.69) is 0 Å². The molecule has 0 atom stereocenters. The highest BCUT2D eigenvalue weighted by Crippen LogP contribution is 2.53. The molecular weight excluding hydrogens is 404 g/mol. The van der Waals surface area contributed by atoms with Gasteiger partial charge in [0.15, 0.2) is 0 Å². The van der Waals surface area contributed by atoms with Crippen LogP contribution in [0.25, 0.3) is 0 Å². The van der Waals surface area contributed by atoms with Gasteiger partial charge in [0.1, 0.15) is 0 Å². The molecule has 0 saturated carbocycles. The van der Waals surface area contributed by atoms with E-state index < -0.39 is 25.4 Å². The van der Waals surface area contributed by atoms with Crippen LogP contribution in [-0.2, 0) is 18.1 Å². The summed E-state index contributed by atoms with van der Waals surface area (Å²) in [5.41, 5.74) is -0.404. The molecule has 10 heteroatoms. The minimum atomic E-state index is -3.90. The number of hydrogen-bond donors (Lipinski definition) is 0. The van der Waals surface area contributed by atoms with Crippen LogP contribution in [0.2, 0.25) is 0 Å². The molecule has 0 radical (unpaired) electrons. The SMILES string of the molecule is CC(C)(CCl)COP(=O)(OC(CCl)CCl)OC(CCl)CCl. The van der Waals surface area contributed by atoms with E-state index in [1.54, 1.807) is 0 Å². The van der Waals surface area contributed by atoms with Crippen molar-refractivity contribution in [2.75, 3.05) is 36.0 Å². The smallest absolute Gasteiger partial charge is 0.286 e. The maximum atomic E-state index is 12.7. The summed E-state index contributed by atoms with van der Waals surface area (Å²) in [5.74, 6) is 0.504. The Bertz CT molecular complexity index is 306. The Morgan fingerprint density at radius 3 is 1.57 bits per heavy atom. The molecule has 0 heterocycles. The monoisotopic (exact) mass is 422 g/mol. The number of rotatable bonds is 12. The van der Waals surface area contributed by atoms with Crippen molar-refractivity contribution in [2.24, 2.45) is 5.41 Å². The van der Waals surface area contributed by atoms with Crippen molar-refractivity contribution in [1.82, 2.24) is 0 Å². The lowest BCUT2D eigenvalue weighted by Gasteiger charge is -2.28. The first-order chi connectivity index (χ1) is 9.75. The summed E-state index contributed by atoms with van der Waals surface area (Å²) in [6.45, 7) is 3.78. The van der Waals surface area contributed by atoms with Gasteiger partial charge >= 0.3 is 7.82 Å². The Hall–Kier alpha value is 1.56. The molecule has 0 saturated heterocycles. The molecule has 0 unspecified atom stereocenters. The average molecular weight is 425 g/mol. The molecular formula is C11H20Cl5O4P. The van der Waals surface area contributed by atoms with Crippen LogP contribution >= 0.6 is 65.8 Å². The largest absolute Gasteiger partial charge is 0.475 e. The predicted octanol–water partition coefficient (Wildman–Crippen LogP) is 5.10. The summed E-state index contributed by atoms with van der Waals surface area (Å²) in [4.78, 5) is 0. The zero-order valence-corrected chi connectivity index (χ0v) is 16.5. The van der Waals surface area contributed by atoms with Gasteiger partial charge in [-0.1, -0.05) is 13.8 Å². The standard InChI is InChI=1S/C11H20Cl5O4P/c1-11(2,7-16)8-18-21(17,19-9(3-12)4-13)20-10(5-14)6-15/h9-10H,3-8H2,1-2H3. The van der Waals surface area contributed by atoms with Gasteiger partial charge in [0, 0.05) is 11.3 Å². The predicted molar refractivity (Wildman–Crippen MR) is 90.7 cm³/mol. The second-order valence-electron chi connectivity index (χ2n) is 5.09. The lowest BCUT2D eigenvalue weighted by molar-refractivity contribution is 0.0572. The van der Waals surface area contributed by atoms with E-state index in [1.165, 1.54) is 0 Å². The molecule has 0 aromatic carbocycles. The van der Waals surface area contributed by atoms with E-state index in [4.69, 9.17) is 71.6 Å². The summed E-state index contributed by atoms with van der Waals surface area (Å²) in [6.07, 6.45) is -1.35. The van der Waals surface area contributed by atoms with Crippen LogP contribution in [-0.4, -0.2) is 48.2 Å². The van der Waals surface area contributed by atoms with Crippen LogP contribution in [0.5, 0.6) is 0 Å². The molecule has 0 rings (SSSR count). The maximum absolute atomic E-state index is 12.7. The summed E-state index contributed by atoms with van der Waals surface area (Å²) in [5, 5.41) is 0. The first-order valence-electron chi connectivity index (χ1n) is 6.17. The van der Waals surface area contributed by atoms with Crippen molar-refractivity contribution < 1.29 is 18.1 Å². The third-order valence-electron chi connectivity index (χ3n) is 2.22. The van der Waals surface area contributed by atoms with Gasteiger partial charge in [0.05, 0.1) is 42.3 Å². The third-order valence-corrected chi connectivity index (χ3v) is 5.88. The Morgan fingerprint density at radius 2 is 1.29 bits per heavy atom. The Balaban J connectivity index is 4.93. The molecule has 0 aromatic rings. The first kappa shape index (κ1) is 22.6. The van der Waals surface area contributed by atoms with E-state index in [-0.39, 0.29) is 30.1 Å². The highest BCUT2D eigenvalue weighted by atomic mass is 35.5. The zero-order valence-electron chi connectivity index (χ0n) is 11.9. The van der Waals surface area contributed by atoms with Gasteiger partial charge in [-0.25, -0.2) is 4.57 Å².